The number of methoxy groups -OCH3 is 1. The monoisotopic (exact) mass is 479 g/mol. The predicted molar refractivity (Wildman–Crippen MR) is 124 cm³/mol. The molecule has 1 aromatic heterocycles. The molecule has 10 nitrogen and oxygen atoms in total. The maximum Gasteiger partial charge on any atom is 0.407 e. The van der Waals surface area contributed by atoms with Gasteiger partial charge in [-0.2, -0.15) is 0 Å². The van der Waals surface area contributed by atoms with Crippen LogP contribution < -0.4 is 5.32 Å². The van der Waals surface area contributed by atoms with Crippen molar-refractivity contribution in [2.45, 2.75) is 12.5 Å². The SMILES string of the molecule is COCCN(CC(=O)O)C(=O)c1ncoc1CNC(=O)OCC1c2ccccc2-c2ccccc21. The van der Waals surface area contributed by atoms with E-state index < -0.39 is 24.5 Å². The summed E-state index contributed by atoms with van der Waals surface area (Å²) < 4.78 is 15.7. The van der Waals surface area contributed by atoms with Gasteiger partial charge < -0.3 is 29.2 Å². The molecular formula is C25H25N3O7. The molecule has 0 fully saturated rings. The number of hydrogen-bond acceptors (Lipinski definition) is 7. The molecule has 4 rings (SSSR count). The Morgan fingerprint density at radius 3 is 2.37 bits per heavy atom. The quantitative estimate of drug-likeness (QED) is 0.454. The van der Waals surface area contributed by atoms with Gasteiger partial charge in [0.15, 0.2) is 17.8 Å². The average molecular weight is 479 g/mol. The number of carboxylic acid groups (broad SMARTS) is 1. The Hall–Kier alpha value is -4.18. The minimum atomic E-state index is -1.17. The van der Waals surface area contributed by atoms with Crippen LogP contribution in [0.3, 0.4) is 0 Å². The molecule has 0 bridgehead atoms. The van der Waals surface area contributed by atoms with Crippen molar-refractivity contribution < 1.29 is 33.4 Å². The molecule has 3 aromatic rings. The fourth-order valence-corrected chi connectivity index (χ4v) is 4.14. The Morgan fingerprint density at radius 2 is 1.74 bits per heavy atom. The first-order valence-corrected chi connectivity index (χ1v) is 11.0. The highest BCUT2D eigenvalue weighted by Gasteiger charge is 2.29. The van der Waals surface area contributed by atoms with Crippen LogP contribution in [0.25, 0.3) is 11.1 Å². The van der Waals surface area contributed by atoms with Crippen LogP contribution in [0.2, 0.25) is 0 Å². The van der Waals surface area contributed by atoms with E-state index in [0.29, 0.717) is 0 Å². The van der Waals surface area contributed by atoms with E-state index in [0.717, 1.165) is 33.5 Å². The van der Waals surface area contributed by atoms with Crippen LogP contribution in [0.15, 0.2) is 59.3 Å². The molecule has 0 radical (unpaired) electrons. The molecule has 182 valence electrons. The van der Waals surface area contributed by atoms with Gasteiger partial charge in [-0.05, 0) is 22.3 Å². The number of nitrogens with zero attached hydrogens (tertiary/aromatic N) is 2. The third kappa shape index (κ3) is 5.33. The van der Waals surface area contributed by atoms with Crippen LogP contribution >= 0.6 is 0 Å². The van der Waals surface area contributed by atoms with Gasteiger partial charge in [0.05, 0.1) is 13.2 Å². The summed E-state index contributed by atoms with van der Waals surface area (Å²) in [4.78, 5) is 41.3. The molecule has 1 aliphatic carbocycles. The Bertz CT molecular complexity index is 1180. The lowest BCUT2D eigenvalue weighted by molar-refractivity contribution is -0.137. The lowest BCUT2D eigenvalue weighted by Gasteiger charge is -2.19. The molecule has 2 N–H and O–H groups in total. The molecule has 0 unspecified atom stereocenters. The third-order valence-corrected chi connectivity index (χ3v) is 5.76. The molecule has 0 atom stereocenters. The number of hydrogen-bond donors (Lipinski definition) is 2. The third-order valence-electron chi connectivity index (χ3n) is 5.76. The first-order chi connectivity index (χ1) is 17.0. The van der Waals surface area contributed by atoms with Crippen molar-refractivity contribution in [1.82, 2.24) is 15.2 Å². The zero-order chi connectivity index (χ0) is 24.8. The van der Waals surface area contributed by atoms with E-state index in [1.165, 1.54) is 7.11 Å². The summed E-state index contributed by atoms with van der Waals surface area (Å²) >= 11 is 0. The Morgan fingerprint density at radius 1 is 1.09 bits per heavy atom. The fraction of sp³-hybridized carbons (Fsp3) is 0.280. The number of rotatable bonds is 10. The van der Waals surface area contributed by atoms with Crippen molar-refractivity contribution in [1.29, 1.82) is 0 Å². The number of aromatic nitrogens is 1. The molecule has 0 aliphatic heterocycles. The second-order valence-corrected chi connectivity index (χ2v) is 7.92. The number of oxazole rings is 1. The molecule has 2 amide bonds. The molecule has 0 saturated heterocycles. The second kappa shape index (κ2) is 10.8. The van der Waals surface area contributed by atoms with Crippen molar-refractivity contribution in [3.05, 3.63) is 77.5 Å². The van der Waals surface area contributed by atoms with E-state index in [4.69, 9.17) is 19.0 Å². The van der Waals surface area contributed by atoms with Crippen molar-refractivity contribution in [3.63, 3.8) is 0 Å². The summed E-state index contributed by atoms with van der Waals surface area (Å²) in [5, 5.41) is 11.7. The number of carboxylic acids is 1. The number of amides is 2. The molecule has 1 heterocycles. The largest absolute Gasteiger partial charge is 0.480 e. The standard InChI is InChI=1S/C25H25N3O7/c1-33-11-10-28(13-22(29)30)24(31)23-21(35-15-27-23)12-26-25(32)34-14-20-18-8-4-2-6-16(18)17-7-3-5-9-19(17)20/h2-9,15,20H,10-14H2,1H3,(H,26,32)(H,29,30). The molecule has 2 aromatic carbocycles. The lowest BCUT2D eigenvalue weighted by atomic mass is 9.98. The van der Waals surface area contributed by atoms with E-state index in [2.05, 4.69) is 22.4 Å². The number of ether oxygens (including phenoxy) is 2. The Labute approximate surface area is 201 Å². The van der Waals surface area contributed by atoms with Crippen LogP contribution in [0.5, 0.6) is 0 Å². The summed E-state index contributed by atoms with van der Waals surface area (Å²) in [6, 6.07) is 16.0. The van der Waals surface area contributed by atoms with Crippen LogP contribution in [0, 0.1) is 0 Å². The molecule has 35 heavy (non-hydrogen) atoms. The Kier molecular flexibility index (Phi) is 7.41. The zero-order valence-electron chi connectivity index (χ0n) is 19.1. The van der Waals surface area contributed by atoms with Crippen LogP contribution in [-0.4, -0.2) is 66.4 Å². The summed E-state index contributed by atoms with van der Waals surface area (Å²) in [7, 11) is 1.45. The van der Waals surface area contributed by atoms with Crippen LogP contribution in [0.1, 0.15) is 33.3 Å². The van der Waals surface area contributed by atoms with E-state index in [-0.39, 0.29) is 43.7 Å². The van der Waals surface area contributed by atoms with Gasteiger partial charge >= 0.3 is 12.1 Å². The highest BCUT2D eigenvalue weighted by atomic mass is 16.5. The van der Waals surface area contributed by atoms with Gasteiger partial charge in [0.25, 0.3) is 5.91 Å². The smallest absolute Gasteiger partial charge is 0.407 e. The number of aliphatic carboxylic acids is 1. The number of fused-ring (bicyclic) bond motifs is 3. The van der Waals surface area contributed by atoms with Crippen molar-refractivity contribution in [3.8, 4) is 11.1 Å². The summed E-state index contributed by atoms with van der Waals surface area (Å²) in [6.07, 6.45) is 0.389. The normalized spacial score (nSPS) is 12.0. The topological polar surface area (TPSA) is 131 Å². The number of nitrogens with one attached hydrogen (secondary N) is 1. The summed E-state index contributed by atoms with van der Waals surface area (Å²) in [5.41, 5.74) is 4.36. The molecule has 10 heteroatoms. The van der Waals surface area contributed by atoms with Gasteiger partial charge in [0, 0.05) is 19.6 Å². The summed E-state index contributed by atoms with van der Waals surface area (Å²) in [6.45, 7) is -0.305. The molecule has 0 spiro atoms. The average Bonchev–Trinajstić information content (AvgIpc) is 3.46. The highest BCUT2D eigenvalue weighted by Crippen LogP contribution is 2.44. The zero-order valence-corrected chi connectivity index (χ0v) is 19.1. The van der Waals surface area contributed by atoms with E-state index in [1.54, 1.807) is 0 Å². The number of carbonyl (C=O) groups is 3. The van der Waals surface area contributed by atoms with Gasteiger partial charge in [-0.25, -0.2) is 9.78 Å². The van der Waals surface area contributed by atoms with Crippen molar-refractivity contribution in [2.24, 2.45) is 0 Å². The fourth-order valence-electron chi connectivity index (χ4n) is 4.14. The number of alkyl carbamates (subject to hydrolysis) is 1. The summed E-state index contributed by atoms with van der Waals surface area (Å²) in [5.74, 6) is -1.80. The maximum absolute atomic E-state index is 12.8. The molecule has 0 saturated carbocycles. The van der Waals surface area contributed by atoms with E-state index in [9.17, 15) is 14.4 Å². The van der Waals surface area contributed by atoms with Crippen molar-refractivity contribution >= 4 is 18.0 Å². The minimum Gasteiger partial charge on any atom is -0.480 e. The van der Waals surface area contributed by atoms with Gasteiger partial charge in [0.1, 0.15) is 13.2 Å². The van der Waals surface area contributed by atoms with Gasteiger partial charge in [-0.1, -0.05) is 48.5 Å². The van der Waals surface area contributed by atoms with E-state index in [1.807, 2.05) is 36.4 Å². The Balaban J connectivity index is 1.37. The maximum atomic E-state index is 12.8. The highest BCUT2D eigenvalue weighted by molar-refractivity contribution is 5.95. The predicted octanol–water partition coefficient (Wildman–Crippen LogP) is 2.89. The van der Waals surface area contributed by atoms with Gasteiger partial charge in [0.2, 0.25) is 0 Å². The van der Waals surface area contributed by atoms with Crippen LogP contribution in [-0.2, 0) is 20.8 Å². The second-order valence-electron chi connectivity index (χ2n) is 7.92. The first kappa shape index (κ1) is 24.0. The lowest BCUT2D eigenvalue weighted by Crippen LogP contribution is -2.38. The first-order valence-electron chi connectivity index (χ1n) is 11.0. The van der Waals surface area contributed by atoms with Gasteiger partial charge in [-0.3, -0.25) is 9.59 Å². The van der Waals surface area contributed by atoms with Crippen molar-refractivity contribution in [2.75, 3.05) is 33.4 Å². The van der Waals surface area contributed by atoms with Gasteiger partial charge in [-0.15, -0.1) is 0 Å². The molecule has 1 aliphatic rings. The number of carbonyl (C=O) groups excluding carboxylic acids is 2. The molecular weight excluding hydrogens is 454 g/mol. The van der Waals surface area contributed by atoms with Crippen LogP contribution in [0.4, 0.5) is 4.79 Å². The number of benzene rings is 2. The van der Waals surface area contributed by atoms with E-state index >= 15 is 0 Å². The minimum absolute atomic E-state index is 0.0632.